The molecule has 0 bridgehead atoms. The number of carbonyl (C=O) groups is 1. The van der Waals surface area contributed by atoms with Crippen LogP contribution in [0.15, 0.2) is 12.1 Å². The number of esters is 1. The van der Waals surface area contributed by atoms with Gasteiger partial charge in [-0.15, -0.1) is 0 Å². The average Bonchev–Trinajstić information content (AvgIpc) is 2.89. The van der Waals surface area contributed by atoms with Crippen molar-refractivity contribution in [2.75, 3.05) is 6.61 Å². The summed E-state index contributed by atoms with van der Waals surface area (Å²) >= 11 is 0. The third kappa shape index (κ3) is 13.2. The van der Waals surface area contributed by atoms with Crippen molar-refractivity contribution in [2.24, 2.45) is 0 Å². The van der Waals surface area contributed by atoms with E-state index in [2.05, 4.69) is 34.6 Å². The van der Waals surface area contributed by atoms with Gasteiger partial charge in [0.2, 0.25) is 0 Å². The number of unbranched alkanes of at least 4 members (excludes halogenated alkanes) is 15. The van der Waals surface area contributed by atoms with Crippen LogP contribution in [0.4, 0.5) is 0 Å². The summed E-state index contributed by atoms with van der Waals surface area (Å²) in [5, 5.41) is 10.8. The van der Waals surface area contributed by atoms with E-state index in [1.54, 1.807) is 0 Å². The average molecular weight is 503 g/mol. The zero-order valence-electron chi connectivity index (χ0n) is 24.5. The molecule has 2 atom stereocenters. The molecule has 1 N–H and O–H groups in total. The Morgan fingerprint density at radius 2 is 1.03 bits per heavy atom. The van der Waals surface area contributed by atoms with Crippen molar-refractivity contribution in [1.82, 2.24) is 0 Å². The fourth-order valence-corrected chi connectivity index (χ4v) is 4.89. The number of hydrogen-bond donors (Lipinski definition) is 1. The Bertz CT molecular complexity index is 665. The molecular formula is C33H58O3. The number of ether oxygens (including phenoxy) is 1. The van der Waals surface area contributed by atoms with Crippen LogP contribution in [0.3, 0.4) is 0 Å². The summed E-state index contributed by atoms with van der Waals surface area (Å²) in [6, 6.07) is 3.68. The van der Waals surface area contributed by atoms with Gasteiger partial charge >= 0.3 is 5.97 Å². The second kappa shape index (κ2) is 20.5. The predicted molar refractivity (Wildman–Crippen MR) is 155 cm³/mol. The molecule has 0 fully saturated rings. The standard InChI is InChI=1S/C33H58O3/c1-6-9-10-11-12-13-14-15-16-17-18-19-20-21-22-23-24-36-33(35)29-25-30(27(4)7-2)32(34)31(26-29)28(5)8-3/h25-28,34H,6-24H2,1-5H3. The van der Waals surface area contributed by atoms with E-state index in [9.17, 15) is 9.90 Å². The van der Waals surface area contributed by atoms with Crippen molar-refractivity contribution in [3.05, 3.63) is 28.8 Å². The molecule has 0 aliphatic heterocycles. The SMILES string of the molecule is CCCCCCCCCCCCCCCCCCOC(=O)c1cc(C(C)CC)c(O)c(C(C)CC)c1. The summed E-state index contributed by atoms with van der Waals surface area (Å²) in [5.41, 5.74) is 2.31. The first-order valence-corrected chi connectivity index (χ1v) is 15.5. The number of phenols is 1. The lowest BCUT2D eigenvalue weighted by atomic mass is 9.88. The Labute approximate surface area is 223 Å². The molecule has 0 heterocycles. The largest absolute Gasteiger partial charge is 0.507 e. The van der Waals surface area contributed by atoms with Crippen molar-refractivity contribution < 1.29 is 14.6 Å². The molecule has 3 nitrogen and oxygen atoms in total. The molecule has 2 unspecified atom stereocenters. The van der Waals surface area contributed by atoms with E-state index >= 15 is 0 Å². The first-order valence-electron chi connectivity index (χ1n) is 15.5. The van der Waals surface area contributed by atoms with Gasteiger partial charge in [0.15, 0.2) is 0 Å². The van der Waals surface area contributed by atoms with Gasteiger partial charge in [-0.1, -0.05) is 131 Å². The Morgan fingerprint density at radius 1 is 0.667 bits per heavy atom. The lowest BCUT2D eigenvalue weighted by Gasteiger charge is -2.19. The molecular weight excluding hydrogens is 444 g/mol. The predicted octanol–water partition coefficient (Wildman–Crippen LogP) is 10.8. The van der Waals surface area contributed by atoms with E-state index in [1.807, 2.05) is 12.1 Å². The maximum atomic E-state index is 12.7. The molecule has 0 saturated carbocycles. The Balaban J connectivity index is 2.18. The molecule has 208 valence electrons. The van der Waals surface area contributed by atoms with Gasteiger partial charge in [-0.2, -0.15) is 0 Å². The highest BCUT2D eigenvalue weighted by Gasteiger charge is 2.20. The first-order chi connectivity index (χ1) is 17.5. The zero-order chi connectivity index (χ0) is 26.6. The summed E-state index contributed by atoms with van der Waals surface area (Å²) < 4.78 is 5.60. The van der Waals surface area contributed by atoms with Crippen LogP contribution < -0.4 is 0 Å². The third-order valence-electron chi connectivity index (χ3n) is 7.92. The topological polar surface area (TPSA) is 46.5 Å². The number of hydrogen-bond acceptors (Lipinski definition) is 3. The van der Waals surface area contributed by atoms with Crippen molar-refractivity contribution in [1.29, 1.82) is 0 Å². The van der Waals surface area contributed by atoms with Gasteiger partial charge < -0.3 is 9.84 Å². The molecule has 1 rings (SSSR count). The van der Waals surface area contributed by atoms with E-state index in [0.29, 0.717) is 17.9 Å². The van der Waals surface area contributed by atoms with Gasteiger partial charge in [-0.05, 0) is 54.4 Å². The molecule has 1 aromatic carbocycles. The van der Waals surface area contributed by atoms with Crippen molar-refractivity contribution in [2.45, 2.75) is 162 Å². The molecule has 1 aromatic rings. The van der Waals surface area contributed by atoms with E-state index in [1.165, 1.54) is 89.9 Å². The molecule has 0 amide bonds. The number of phenolic OH excluding ortho intramolecular Hbond substituents is 1. The molecule has 0 radical (unpaired) electrons. The van der Waals surface area contributed by atoms with Gasteiger partial charge in [-0.3, -0.25) is 0 Å². The molecule has 3 heteroatoms. The Kier molecular flexibility index (Phi) is 18.6. The van der Waals surface area contributed by atoms with Gasteiger partial charge in [0.1, 0.15) is 5.75 Å². The van der Waals surface area contributed by atoms with E-state index < -0.39 is 0 Å². The van der Waals surface area contributed by atoms with E-state index in [0.717, 1.165) is 36.8 Å². The monoisotopic (exact) mass is 502 g/mol. The van der Waals surface area contributed by atoms with Crippen molar-refractivity contribution >= 4 is 5.97 Å². The molecule has 0 spiro atoms. The van der Waals surface area contributed by atoms with Crippen LogP contribution >= 0.6 is 0 Å². The highest BCUT2D eigenvalue weighted by atomic mass is 16.5. The second-order valence-corrected chi connectivity index (χ2v) is 11.1. The fraction of sp³-hybridized carbons (Fsp3) is 0.788. The Morgan fingerprint density at radius 3 is 1.39 bits per heavy atom. The molecule has 0 saturated heterocycles. The lowest BCUT2D eigenvalue weighted by molar-refractivity contribution is 0.0497. The molecule has 0 aliphatic carbocycles. The smallest absolute Gasteiger partial charge is 0.338 e. The minimum absolute atomic E-state index is 0.209. The normalized spacial score (nSPS) is 13.0. The number of aromatic hydroxyl groups is 1. The highest BCUT2D eigenvalue weighted by Crippen LogP contribution is 2.37. The highest BCUT2D eigenvalue weighted by molar-refractivity contribution is 5.90. The third-order valence-corrected chi connectivity index (χ3v) is 7.92. The summed E-state index contributed by atoms with van der Waals surface area (Å²) in [5.74, 6) is 0.514. The zero-order valence-corrected chi connectivity index (χ0v) is 24.5. The van der Waals surface area contributed by atoms with Gasteiger partial charge in [0.25, 0.3) is 0 Å². The Hall–Kier alpha value is -1.51. The van der Waals surface area contributed by atoms with Crippen LogP contribution in [0.25, 0.3) is 0 Å². The van der Waals surface area contributed by atoms with Gasteiger partial charge in [-0.25, -0.2) is 4.79 Å². The minimum Gasteiger partial charge on any atom is -0.507 e. The number of benzene rings is 1. The molecule has 0 aromatic heterocycles. The minimum atomic E-state index is -0.259. The van der Waals surface area contributed by atoms with Crippen LogP contribution in [0.2, 0.25) is 0 Å². The molecule has 36 heavy (non-hydrogen) atoms. The van der Waals surface area contributed by atoms with Gasteiger partial charge in [0, 0.05) is 0 Å². The summed E-state index contributed by atoms with van der Waals surface area (Å²) in [4.78, 5) is 12.7. The second-order valence-electron chi connectivity index (χ2n) is 11.1. The maximum Gasteiger partial charge on any atom is 0.338 e. The van der Waals surface area contributed by atoms with E-state index in [4.69, 9.17) is 4.74 Å². The first kappa shape index (κ1) is 32.5. The van der Waals surface area contributed by atoms with Crippen LogP contribution in [0.1, 0.15) is 184 Å². The summed E-state index contributed by atoms with van der Waals surface area (Å²) in [6.07, 6.45) is 23.2. The lowest BCUT2D eigenvalue weighted by Crippen LogP contribution is -2.09. The fourth-order valence-electron chi connectivity index (χ4n) is 4.89. The van der Waals surface area contributed by atoms with E-state index in [-0.39, 0.29) is 17.8 Å². The summed E-state index contributed by atoms with van der Waals surface area (Å²) in [7, 11) is 0. The van der Waals surface area contributed by atoms with Crippen LogP contribution in [-0.4, -0.2) is 17.7 Å². The van der Waals surface area contributed by atoms with Crippen LogP contribution in [0, 0.1) is 0 Å². The van der Waals surface area contributed by atoms with Gasteiger partial charge in [0.05, 0.1) is 12.2 Å². The maximum absolute atomic E-state index is 12.7. The number of carbonyl (C=O) groups excluding carboxylic acids is 1. The van der Waals surface area contributed by atoms with Crippen molar-refractivity contribution in [3.8, 4) is 5.75 Å². The van der Waals surface area contributed by atoms with Crippen LogP contribution in [0.5, 0.6) is 5.75 Å². The molecule has 0 aliphatic rings. The van der Waals surface area contributed by atoms with Crippen molar-refractivity contribution in [3.63, 3.8) is 0 Å². The quantitative estimate of drug-likeness (QED) is 0.127. The summed E-state index contributed by atoms with van der Waals surface area (Å²) in [6.45, 7) is 11.2. The van der Waals surface area contributed by atoms with Crippen LogP contribution in [-0.2, 0) is 4.74 Å². The number of rotatable bonds is 22.